The number of rotatable bonds is 4. The predicted octanol–water partition coefficient (Wildman–Crippen LogP) is -0.566. The maximum atomic E-state index is 12.3. The second-order valence-corrected chi connectivity index (χ2v) is 6.34. The van der Waals surface area contributed by atoms with Crippen molar-refractivity contribution in [2.24, 2.45) is 0 Å². The highest BCUT2D eigenvalue weighted by molar-refractivity contribution is 7.89. The Morgan fingerprint density at radius 3 is 2.50 bits per heavy atom. The number of benzene rings is 1. The molecule has 1 amide bonds. The Labute approximate surface area is 116 Å². The number of aliphatic carboxylic acids is 1. The van der Waals surface area contributed by atoms with Crippen LogP contribution in [0.3, 0.4) is 0 Å². The van der Waals surface area contributed by atoms with Crippen molar-refractivity contribution in [3.63, 3.8) is 0 Å². The van der Waals surface area contributed by atoms with Crippen LogP contribution in [0, 0.1) is 0 Å². The zero-order valence-electron chi connectivity index (χ0n) is 10.6. The molecule has 2 N–H and O–H groups in total. The molecule has 1 aliphatic rings. The maximum Gasteiger partial charge on any atom is 0.307 e. The van der Waals surface area contributed by atoms with Crippen molar-refractivity contribution in [2.45, 2.75) is 11.3 Å². The summed E-state index contributed by atoms with van der Waals surface area (Å²) >= 11 is 0. The lowest BCUT2D eigenvalue weighted by Gasteiger charge is -2.25. The van der Waals surface area contributed by atoms with Gasteiger partial charge in [0.25, 0.3) is 0 Å². The summed E-state index contributed by atoms with van der Waals surface area (Å²) in [4.78, 5) is 21.9. The molecular formula is C12H14N2O5S. The largest absolute Gasteiger partial charge is 0.481 e. The van der Waals surface area contributed by atoms with Gasteiger partial charge in [-0.25, -0.2) is 8.42 Å². The van der Waals surface area contributed by atoms with Gasteiger partial charge in [-0.3, -0.25) is 9.59 Å². The van der Waals surface area contributed by atoms with Crippen molar-refractivity contribution in [3.8, 4) is 0 Å². The van der Waals surface area contributed by atoms with E-state index in [1.807, 2.05) is 0 Å². The fraction of sp³-hybridized carbons (Fsp3) is 0.333. The highest BCUT2D eigenvalue weighted by atomic mass is 32.2. The van der Waals surface area contributed by atoms with Crippen LogP contribution in [0.25, 0.3) is 0 Å². The number of hydrogen-bond donors (Lipinski definition) is 2. The second kappa shape index (κ2) is 5.59. The van der Waals surface area contributed by atoms with E-state index in [1.54, 1.807) is 0 Å². The van der Waals surface area contributed by atoms with Crippen LogP contribution in [0.15, 0.2) is 29.2 Å². The van der Waals surface area contributed by atoms with Crippen LogP contribution in [0.1, 0.15) is 5.56 Å². The van der Waals surface area contributed by atoms with E-state index in [0.29, 0.717) is 5.56 Å². The van der Waals surface area contributed by atoms with Gasteiger partial charge in [0.1, 0.15) is 0 Å². The molecule has 0 unspecified atom stereocenters. The number of nitrogens with one attached hydrogen (secondary N) is 1. The van der Waals surface area contributed by atoms with Gasteiger partial charge in [0.2, 0.25) is 15.9 Å². The highest BCUT2D eigenvalue weighted by Gasteiger charge is 2.28. The third kappa shape index (κ3) is 3.14. The number of carbonyl (C=O) groups is 2. The number of hydrogen-bond acceptors (Lipinski definition) is 4. The third-order valence-corrected chi connectivity index (χ3v) is 4.78. The minimum absolute atomic E-state index is 0.0568. The molecule has 0 spiro atoms. The van der Waals surface area contributed by atoms with Crippen molar-refractivity contribution in [3.05, 3.63) is 29.8 Å². The van der Waals surface area contributed by atoms with Gasteiger partial charge in [0.05, 0.1) is 17.9 Å². The van der Waals surface area contributed by atoms with Crippen molar-refractivity contribution >= 4 is 21.9 Å². The number of sulfonamides is 1. The average molecular weight is 298 g/mol. The zero-order valence-corrected chi connectivity index (χ0v) is 11.4. The van der Waals surface area contributed by atoms with Gasteiger partial charge in [0.15, 0.2) is 0 Å². The molecule has 0 bridgehead atoms. The first-order chi connectivity index (χ1) is 9.39. The summed E-state index contributed by atoms with van der Waals surface area (Å²) < 4.78 is 25.7. The summed E-state index contributed by atoms with van der Waals surface area (Å²) in [6.07, 6.45) is -0.160. The lowest BCUT2D eigenvalue weighted by atomic mass is 10.2. The first kappa shape index (κ1) is 14.5. The number of carboxylic acid groups (broad SMARTS) is 1. The molecule has 20 heavy (non-hydrogen) atoms. The molecule has 0 aliphatic carbocycles. The Morgan fingerprint density at radius 2 is 1.95 bits per heavy atom. The first-order valence-electron chi connectivity index (χ1n) is 5.97. The summed E-state index contributed by atoms with van der Waals surface area (Å²) in [6.45, 7) is 0.319. The number of amides is 1. The van der Waals surface area contributed by atoms with Crippen LogP contribution >= 0.6 is 0 Å². The van der Waals surface area contributed by atoms with Crippen molar-refractivity contribution in [1.29, 1.82) is 0 Å². The Hall–Kier alpha value is -1.93. The van der Waals surface area contributed by atoms with Gasteiger partial charge < -0.3 is 10.4 Å². The molecule has 1 aliphatic heterocycles. The molecule has 2 rings (SSSR count). The zero-order chi connectivity index (χ0) is 14.8. The van der Waals surface area contributed by atoms with Crippen molar-refractivity contribution in [1.82, 2.24) is 9.62 Å². The van der Waals surface area contributed by atoms with Gasteiger partial charge in [-0.05, 0) is 17.7 Å². The SMILES string of the molecule is O=C(O)Cc1ccc(S(=O)(=O)N2CCNC(=O)C2)cc1. The summed E-state index contributed by atoms with van der Waals surface area (Å²) in [5.74, 6) is -1.31. The predicted molar refractivity (Wildman–Crippen MR) is 69.6 cm³/mol. The Morgan fingerprint density at radius 1 is 1.30 bits per heavy atom. The van der Waals surface area contributed by atoms with Crippen LogP contribution in [0.5, 0.6) is 0 Å². The van der Waals surface area contributed by atoms with Crippen LogP contribution in [-0.2, 0) is 26.0 Å². The Bertz CT molecular complexity index is 624. The van der Waals surface area contributed by atoms with Crippen LogP contribution in [0.4, 0.5) is 0 Å². The van der Waals surface area contributed by atoms with E-state index in [2.05, 4.69) is 5.32 Å². The van der Waals surface area contributed by atoms with E-state index in [1.165, 1.54) is 24.3 Å². The quantitative estimate of drug-likeness (QED) is 0.775. The molecule has 0 atom stereocenters. The molecule has 7 nitrogen and oxygen atoms in total. The molecule has 1 aromatic rings. The highest BCUT2D eigenvalue weighted by Crippen LogP contribution is 2.17. The summed E-state index contributed by atoms with van der Waals surface area (Å²) in [5, 5.41) is 11.2. The van der Waals surface area contributed by atoms with Gasteiger partial charge in [0, 0.05) is 13.1 Å². The Kier molecular flexibility index (Phi) is 4.05. The molecule has 108 valence electrons. The van der Waals surface area contributed by atoms with Gasteiger partial charge in [-0.15, -0.1) is 0 Å². The van der Waals surface area contributed by atoms with E-state index in [0.717, 1.165) is 4.31 Å². The van der Waals surface area contributed by atoms with Crippen LogP contribution < -0.4 is 5.32 Å². The fourth-order valence-corrected chi connectivity index (χ4v) is 3.32. The molecule has 8 heteroatoms. The molecule has 1 saturated heterocycles. The Balaban J connectivity index is 2.21. The van der Waals surface area contributed by atoms with Crippen molar-refractivity contribution in [2.75, 3.05) is 19.6 Å². The average Bonchev–Trinajstić information content (AvgIpc) is 2.38. The number of nitrogens with zero attached hydrogens (tertiary/aromatic N) is 1. The summed E-state index contributed by atoms with van der Waals surface area (Å²) in [6, 6.07) is 5.65. The molecule has 0 radical (unpaired) electrons. The molecule has 0 saturated carbocycles. The topological polar surface area (TPSA) is 104 Å². The van der Waals surface area contributed by atoms with E-state index >= 15 is 0 Å². The van der Waals surface area contributed by atoms with Crippen molar-refractivity contribution < 1.29 is 23.1 Å². The minimum atomic E-state index is -3.72. The van der Waals surface area contributed by atoms with E-state index in [9.17, 15) is 18.0 Å². The van der Waals surface area contributed by atoms with E-state index < -0.39 is 16.0 Å². The standard InChI is InChI=1S/C12H14N2O5S/c15-11-8-14(6-5-13-11)20(18,19)10-3-1-9(2-4-10)7-12(16)17/h1-4H,5-8H2,(H,13,15)(H,16,17). The number of carboxylic acids is 1. The van der Waals surface area contributed by atoms with Crippen LogP contribution in [-0.4, -0.2) is 49.3 Å². The lowest BCUT2D eigenvalue weighted by Crippen LogP contribution is -2.49. The third-order valence-electron chi connectivity index (χ3n) is 2.92. The first-order valence-corrected chi connectivity index (χ1v) is 7.41. The monoisotopic (exact) mass is 298 g/mol. The molecule has 0 aromatic heterocycles. The minimum Gasteiger partial charge on any atom is -0.481 e. The number of piperazine rings is 1. The van der Waals surface area contributed by atoms with Gasteiger partial charge in [-0.2, -0.15) is 4.31 Å². The van der Waals surface area contributed by atoms with Crippen LogP contribution in [0.2, 0.25) is 0 Å². The number of carbonyl (C=O) groups excluding carboxylic acids is 1. The van der Waals surface area contributed by atoms with E-state index in [-0.39, 0.29) is 36.9 Å². The molecular weight excluding hydrogens is 284 g/mol. The second-order valence-electron chi connectivity index (χ2n) is 4.40. The molecule has 1 aromatic carbocycles. The fourth-order valence-electron chi connectivity index (χ4n) is 1.92. The lowest BCUT2D eigenvalue weighted by molar-refractivity contribution is -0.136. The van der Waals surface area contributed by atoms with Gasteiger partial charge in [-0.1, -0.05) is 12.1 Å². The summed E-state index contributed by atoms with van der Waals surface area (Å²) in [5.41, 5.74) is 0.521. The summed E-state index contributed by atoms with van der Waals surface area (Å²) in [7, 11) is -3.72. The maximum absolute atomic E-state index is 12.3. The van der Waals surface area contributed by atoms with Gasteiger partial charge >= 0.3 is 5.97 Å². The molecule has 1 heterocycles. The molecule has 1 fully saturated rings. The smallest absolute Gasteiger partial charge is 0.307 e. The normalized spacial score (nSPS) is 16.7. The van der Waals surface area contributed by atoms with E-state index in [4.69, 9.17) is 5.11 Å².